The van der Waals surface area contributed by atoms with Crippen LogP contribution in [0.5, 0.6) is 0 Å². The number of nitrogens with one attached hydrogen (secondary N) is 1. The van der Waals surface area contributed by atoms with Crippen molar-refractivity contribution in [2.75, 3.05) is 7.05 Å². The van der Waals surface area contributed by atoms with E-state index in [4.69, 9.17) is 0 Å². The zero-order valence-electron chi connectivity index (χ0n) is 6.68. The standard InChI is InChI=1S/C7H13N3.H2/c1-6-7(4-8-2)5-10(3)9-6;/h5,8H,4H2,1-3H3;1H. The van der Waals surface area contributed by atoms with E-state index in [-0.39, 0.29) is 1.43 Å². The lowest BCUT2D eigenvalue weighted by atomic mass is 10.3. The molecule has 0 radical (unpaired) electrons. The second-order valence-corrected chi connectivity index (χ2v) is 2.44. The van der Waals surface area contributed by atoms with Crippen molar-refractivity contribution in [3.8, 4) is 0 Å². The highest BCUT2D eigenvalue weighted by Gasteiger charge is 1.99. The summed E-state index contributed by atoms with van der Waals surface area (Å²) in [6.45, 7) is 2.92. The Hall–Kier alpha value is -0.830. The summed E-state index contributed by atoms with van der Waals surface area (Å²) in [5.41, 5.74) is 2.38. The second kappa shape index (κ2) is 2.84. The van der Waals surface area contributed by atoms with Crippen LogP contribution in [0.3, 0.4) is 0 Å². The molecule has 0 aromatic carbocycles. The number of nitrogens with zero attached hydrogens (tertiary/aromatic N) is 2. The lowest BCUT2D eigenvalue weighted by molar-refractivity contribution is 0.756. The average molecular weight is 141 g/mol. The Labute approximate surface area is 62.5 Å². The molecule has 0 amide bonds. The Morgan fingerprint density at radius 3 is 2.90 bits per heavy atom. The SMILES string of the molecule is CNCc1cn(C)nc1C.[HH]. The fourth-order valence-electron chi connectivity index (χ4n) is 1.01. The Morgan fingerprint density at radius 1 is 1.80 bits per heavy atom. The maximum absolute atomic E-state index is 4.21. The molecule has 0 fully saturated rings. The molecule has 0 aliphatic rings. The first-order valence-electron chi connectivity index (χ1n) is 3.37. The Balaban J connectivity index is 0.000001000. The van der Waals surface area contributed by atoms with Gasteiger partial charge in [-0.05, 0) is 14.0 Å². The minimum absolute atomic E-state index is 0. The van der Waals surface area contributed by atoms with Crippen molar-refractivity contribution in [3.05, 3.63) is 17.5 Å². The van der Waals surface area contributed by atoms with E-state index in [1.165, 1.54) is 5.56 Å². The summed E-state index contributed by atoms with van der Waals surface area (Å²) in [5.74, 6) is 0. The van der Waals surface area contributed by atoms with Gasteiger partial charge in [0.15, 0.2) is 0 Å². The molecule has 58 valence electrons. The lowest BCUT2D eigenvalue weighted by Gasteiger charge is -1.93. The summed E-state index contributed by atoms with van der Waals surface area (Å²) in [6.07, 6.45) is 2.03. The number of aromatic nitrogens is 2. The molecular formula is C7H15N3. The molecule has 0 unspecified atom stereocenters. The third-order valence-corrected chi connectivity index (χ3v) is 1.48. The number of hydrogen-bond donors (Lipinski definition) is 1. The van der Waals surface area contributed by atoms with Crippen LogP contribution in [0.4, 0.5) is 0 Å². The maximum Gasteiger partial charge on any atom is 0.0638 e. The molecule has 3 nitrogen and oxygen atoms in total. The van der Waals surface area contributed by atoms with Gasteiger partial charge in [0.05, 0.1) is 5.69 Å². The van der Waals surface area contributed by atoms with Gasteiger partial charge >= 0.3 is 0 Å². The molecule has 1 heterocycles. The van der Waals surface area contributed by atoms with E-state index in [0.717, 1.165) is 12.2 Å². The van der Waals surface area contributed by atoms with Crippen molar-refractivity contribution < 1.29 is 1.43 Å². The van der Waals surface area contributed by atoms with E-state index in [1.807, 2.05) is 31.9 Å². The van der Waals surface area contributed by atoms with Crippen molar-refractivity contribution in [1.29, 1.82) is 0 Å². The van der Waals surface area contributed by atoms with Gasteiger partial charge in [0.1, 0.15) is 0 Å². The van der Waals surface area contributed by atoms with Gasteiger partial charge in [-0.1, -0.05) is 0 Å². The van der Waals surface area contributed by atoms with E-state index < -0.39 is 0 Å². The highest BCUT2D eigenvalue weighted by molar-refractivity contribution is 5.14. The number of hydrogen-bond acceptors (Lipinski definition) is 2. The summed E-state index contributed by atoms with van der Waals surface area (Å²) in [7, 11) is 3.87. The van der Waals surface area contributed by atoms with Crippen molar-refractivity contribution in [3.63, 3.8) is 0 Å². The lowest BCUT2D eigenvalue weighted by Crippen LogP contribution is -2.04. The predicted molar refractivity (Wildman–Crippen MR) is 42.8 cm³/mol. The molecular weight excluding hydrogens is 126 g/mol. The largest absolute Gasteiger partial charge is 0.316 e. The van der Waals surface area contributed by atoms with Crippen molar-refractivity contribution >= 4 is 0 Å². The summed E-state index contributed by atoms with van der Waals surface area (Å²) in [5, 5.41) is 7.29. The van der Waals surface area contributed by atoms with Gasteiger partial charge in [0, 0.05) is 26.8 Å². The zero-order chi connectivity index (χ0) is 7.56. The van der Waals surface area contributed by atoms with Crippen LogP contribution in [0.1, 0.15) is 12.7 Å². The van der Waals surface area contributed by atoms with Crippen LogP contribution in [0.15, 0.2) is 6.20 Å². The highest BCUT2D eigenvalue weighted by Crippen LogP contribution is 2.02. The average Bonchev–Trinajstić information content (AvgIpc) is 2.13. The summed E-state index contributed by atoms with van der Waals surface area (Å²) in [4.78, 5) is 0. The Kier molecular flexibility index (Phi) is 2.06. The zero-order valence-corrected chi connectivity index (χ0v) is 6.68. The van der Waals surface area contributed by atoms with E-state index in [9.17, 15) is 0 Å². The van der Waals surface area contributed by atoms with E-state index in [0.29, 0.717) is 0 Å². The van der Waals surface area contributed by atoms with Gasteiger partial charge in [-0.25, -0.2) is 0 Å². The summed E-state index contributed by atoms with van der Waals surface area (Å²) < 4.78 is 1.84. The molecule has 0 saturated heterocycles. The molecule has 0 aliphatic heterocycles. The smallest absolute Gasteiger partial charge is 0.0638 e. The molecule has 1 aromatic rings. The third-order valence-electron chi connectivity index (χ3n) is 1.48. The van der Waals surface area contributed by atoms with Gasteiger partial charge in [-0.15, -0.1) is 0 Å². The Bertz CT molecular complexity index is 219. The molecule has 10 heavy (non-hydrogen) atoms. The van der Waals surface area contributed by atoms with E-state index in [1.54, 1.807) is 0 Å². The molecule has 0 bridgehead atoms. The number of rotatable bonds is 2. The molecule has 1 rings (SSSR count). The molecule has 0 aliphatic carbocycles. The van der Waals surface area contributed by atoms with Crippen molar-refractivity contribution in [2.24, 2.45) is 7.05 Å². The van der Waals surface area contributed by atoms with Gasteiger partial charge in [-0.3, -0.25) is 4.68 Å². The van der Waals surface area contributed by atoms with Crippen molar-refractivity contribution in [1.82, 2.24) is 15.1 Å². The van der Waals surface area contributed by atoms with Crippen LogP contribution in [-0.2, 0) is 13.6 Å². The van der Waals surface area contributed by atoms with Gasteiger partial charge < -0.3 is 5.32 Å². The second-order valence-electron chi connectivity index (χ2n) is 2.44. The third kappa shape index (κ3) is 1.36. The predicted octanol–water partition coefficient (Wildman–Crippen LogP) is 0.694. The van der Waals surface area contributed by atoms with Gasteiger partial charge in [0.2, 0.25) is 0 Å². The van der Waals surface area contributed by atoms with Gasteiger partial charge in [0.25, 0.3) is 0 Å². The normalized spacial score (nSPS) is 10.3. The molecule has 0 atom stereocenters. The first kappa shape index (κ1) is 7.28. The molecule has 1 aromatic heterocycles. The number of aryl methyl sites for hydroxylation is 2. The fraction of sp³-hybridized carbons (Fsp3) is 0.571. The topological polar surface area (TPSA) is 29.9 Å². The van der Waals surface area contributed by atoms with E-state index in [2.05, 4.69) is 10.4 Å². The molecule has 0 spiro atoms. The minimum atomic E-state index is 0. The monoisotopic (exact) mass is 141 g/mol. The van der Waals surface area contributed by atoms with E-state index >= 15 is 0 Å². The summed E-state index contributed by atoms with van der Waals surface area (Å²) >= 11 is 0. The van der Waals surface area contributed by atoms with Crippen LogP contribution >= 0.6 is 0 Å². The maximum atomic E-state index is 4.21. The quantitative estimate of drug-likeness (QED) is 0.657. The van der Waals surface area contributed by atoms with Crippen LogP contribution in [0.25, 0.3) is 0 Å². The van der Waals surface area contributed by atoms with Crippen LogP contribution in [0, 0.1) is 6.92 Å². The fourth-order valence-corrected chi connectivity index (χ4v) is 1.01. The molecule has 3 heteroatoms. The highest BCUT2D eigenvalue weighted by atomic mass is 15.2. The molecule has 1 N–H and O–H groups in total. The van der Waals surface area contributed by atoms with Gasteiger partial charge in [-0.2, -0.15) is 5.10 Å². The van der Waals surface area contributed by atoms with Crippen LogP contribution in [-0.4, -0.2) is 16.8 Å². The summed E-state index contributed by atoms with van der Waals surface area (Å²) in [6, 6.07) is 0. The minimum Gasteiger partial charge on any atom is -0.316 e. The molecule has 0 saturated carbocycles. The van der Waals surface area contributed by atoms with Crippen molar-refractivity contribution in [2.45, 2.75) is 13.5 Å². The van der Waals surface area contributed by atoms with Crippen LogP contribution in [0.2, 0.25) is 0 Å². The first-order chi connectivity index (χ1) is 4.74. The Morgan fingerprint density at radius 2 is 2.50 bits per heavy atom. The first-order valence-corrected chi connectivity index (χ1v) is 3.37. The van der Waals surface area contributed by atoms with Crippen LogP contribution < -0.4 is 5.32 Å².